The zero-order valence-electron chi connectivity index (χ0n) is 7.87. The molecule has 0 spiro atoms. The summed E-state index contributed by atoms with van der Waals surface area (Å²) in [5.41, 5.74) is 6.72. The number of aromatic nitrogens is 4. The molecule has 6 nitrogen and oxygen atoms in total. The standard InChI is InChI=1S/C9H9N5O/c10-9-11-12-13-14(9)7-5-15-8-4-2-1-3-6(7)8/h1-4,7H,5H2,(H2,10,11,13). The van der Waals surface area contributed by atoms with Crippen molar-refractivity contribution in [1.82, 2.24) is 20.2 Å². The second-order valence-corrected chi connectivity index (χ2v) is 3.35. The van der Waals surface area contributed by atoms with Crippen LogP contribution >= 0.6 is 0 Å². The third kappa shape index (κ3) is 1.14. The van der Waals surface area contributed by atoms with Gasteiger partial charge in [-0.1, -0.05) is 23.3 Å². The predicted octanol–water partition coefficient (Wildman–Crippen LogP) is 0.237. The van der Waals surface area contributed by atoms with Crippen LogP contribution < -0.4 is 10.5 Å². The first-order chi connectivity index (χ1) is 7.36. The Labute approximate surface area is 85.6 Å². The van der Waals surface area contributed by atoms with E-state index in [0.29, 0.717) is 12.6 Å². The molecule has 0 saturated heterocycles. The topological polar surface area (TPSA) is 78.9 Å². The van der Waals surface area contributed by atoms with Crippen molar-refractivity contribution in [3.8, 4) is 5.75 Å². The molecule has 2 N–H and O–H groups in total. The lowest BCUT2D eigenvalue weighted by atomic mass is 10.1. The van der Waals surface area contributed by atoms with E-state index in [0.717, 1.165) is 11.3 Å². The number of tetrazole rings is 1. The Hall–Kier alpha value is -2.11. The summed E-state index contributed by atoms with van der Waals surface area (Å²) in [6.07, 6.45) is 0. The highest BCUT2D eigenvalue weighted by atomic mass is 16.5. The molecule has 15 heavy (non-hydrogen) atoms. The van der Waals surface area contributed by atoms with Gasteiger partial charge in [-0.2, -0.15) is 0 Å². The molecule has 0 saturated carbocycles. The fourth-order valence-electron chi connectivity index (χ4n) is 1.77. The first kappa shape index (κ1) is 8.22. The molecule has 76 valence electrons. The van der Waals surface area contributed by atoms with Crippen LogP contribution in [-0.2, 0) is 0 Å². The maximum atomic E-state index is 5.65. The average Bonchev–Trinajstić information content (AvgIpc) is 2.83. The first-order valence-corrected chi connectivity index (χ1v) is 4.61. The van der Waals surface area contributed by atoms with E-state index in [4.69, 9.17) is 10.5 Å². The average molecular weight is 203 g/mol. The van der Waals surface area contributed by atoms with Gasteiger partial charge in [0.15, 0.2) is 0 Å². The Morgan fingerprint density at radius 1 is 1.40 bits per heavy atom. The third-order valence-electron chi connectivity index (χ3n) is 2.49. The highest BCUT2D eigenvalue weighted by molar-refractivity contribution is 5.40. The molecule has 3 rings (SSSR count). The number of nitrogens with zero attached hydrogens (tertiary/aromatic N) is 4. The molecule has 1 aromatic carbocycles. The van der Waals surface area contributed by atoms with E-state index in [9.17, 15) is 0 Å². The molecule has 1 aromatic heterocycles. The van der Waals surface area contributed by atoms with E-state index in [1.54, 1.807) is 4.68 Å². The van der Waals surface area contributed by atoms with Crippen molar-refractivity contribution in [2.75, 3.05) is 12.3 Å². The Morgan fingerprint density at radius 2 is 2.27 bits per heavy atom. The first-order valence-electron chi connectivity index (χ1n) is 4.61. The summed E-state index contributed by atoms with van der Waals surface area (Å²) in [5, 5.41) is 11.0. The van der Waals surface area contributed by atoms with Crippen LogP contribution in [0.2, 0.25) is 0 Å². The number of benzene rings is 1. The van der Waals surface area contributed by atoms with E-state index in [1.165, 1.54) is 0 Å². The van der Waals surface area contributed by atoms with Crippen LogP contribution in [0.5, 0.6) is 5.75 Å². The summed E-state index contributed by atoms with van der Waals surface area (Å²) in [6.45, 7) is 0.522. The number of nitrogens with two attached hydrogens (primary N) is 1. The summed E-state index contributed by atoms with van der Waals surface area (Å²) in [7, 11) is 0. The smallest absolute Gasteiger partial charge is 0.241 e. The van der Waals surface area contributed by atoms with Gasteiger partial charge in [-0.15, -0.1) is 0 Å². The molecule has 1 atom stereocenters. The Kier molecular flexibility index (Phi) is 1.61. The molecule has 2 heterocycles. The number of para-hydroxylation sites is 1. The lowest BCUT2D eigenvalue weighted by molar-refractivity contribution is 0.307. The van der Waals surface area contributed by atoms with Crippen molar-refractivity contribution in [3.63, 3.8) is 0 Å². The minimum Gasteiger partial charge on any atom is -0.491 e. The van der Waals surface area contributed by atoms with Crippen molar-refractivity contribution in [1.29, 1.82) is 0 Å². The van der Waals surface area contributed by atoms with Gasteiger partial charge in [0.05, 0.1) is 0 Å². The lowest BCUT2D eigenvalue weighted by Crippen LogP contribution is -2.16. The molecule has 0 radical (unpaired) electrons. The van der Waals surface area contributed by atoms with E-state index in [2.05, 4.69) is 15.5 Å². The van der Waals surface area contributed by atoms with Crippen molar-refractivity contribution >= 4 is 5.95 Å². The monoisotopic (exact) mass is 203 g/mol. The van der Waals surface area contributed by atoms with Crippen LogP contribution in [0.4, 0.5) is 5.95 Å². The van der Waals surface area contributed by atoms with Crippen LogP contribution in [0.25, 0.3) is 0 Å². The maximum absolute atomic E-state index is 5.65. The fraction of sp³-hybridized carbons (Fsp3) is 0.222. The molecular formula is C9H9N5O. The molecule has 1 aliphatic heterocycles. The van der Waals surface area contributed by atoms with Crippen LogP contribution in [0.15, 0.2) is 24.3 Å². The van der Waals surface area contributed by atoms with Crippen LogP contribution in [0.1, 0.15) is 11.6 Å². The maximum Gasteiger partial charge on any atom is 0.241 e. The molecule has 0 fully saturated rings. The predicted molar refractivity (Wildman–Crippen MR) is 52.3 cm³/mol. The van der Waals surface area contributed by atoms with E-state index in [1.807, 2.05) is 24.3 Å². The van der Waals surface area contributed by atoms with Crippen molar-refractivity contribution in [2.24, 2.45) is 0 Å². The highest BCUT2D eigenvalue weighted by Crippen LogP contribution is 2.34. The van der Waals surface area contributed by atoms with E-state index >= 15 is 0 Å². The number of ether oxygens (including phenoxy) is 1. The van der Waals surface area contributed by atoms with Gasteiger partial charge >= 0.3 is 0 Å². The number of hydrogen-bond acceptors (Lipinski definition) is 5. The third-order valence-corrected chi connectivity index (χ3v) is 2.49. The molecule has 6 heteroatoms. The molecule has 2 aromatic rings. The van der Waals surface area contributed by atoms with Gasteiger partial charge < -0.3 is 10.5 Å². The summed E-state index contributed by atoms with van der Waals surface area (Å²) < 4.78 is 7.09. The number of hydrogen-bond donors (Lipinski definition) is 1. The largest absolute Gasteiger partial charge is 0.491 e. The number of nitrogen functional groups attached to an aromatic ring is 1. The van der Waals surface area contributed by atoms with Crippen LogP contribution in [0.3, 0.4) is 0 Å². The normalized spacial score (nSPS) is 18.5. The van der Waals surface area contributed by atoms with Gasteiger partial charge in [-0.3, -0.25) is 0 Å². The molecular weight excluding hydrogens is 194 g/mol. The summed E-state index contributed by atoms with van der Waals surface area (Å²) in [6, 6.07) is 7.80. The second-order valence-electron chi connectivity index (χ2n) is 3.35. The Balaban J connectivity index is 2.08. The zero-order chi connectivity index (χ0) is 10.3. The van der Waals surface area contributed by atoms with Gasteiger partial charge in [0, 0.05) is 5.56 Å². The van der Waals surface area contributed by atoms with Gasteiger partial charge in [0.25, 0.3) is 0 Å². The van der Waals surface area contributed by atoms with Crippen molar-refractivity contribution < 1.29 is 4.74 Å². The minimum atomic E-state index is -0.0174. The van der Waals surface area contributed by atoms with Crippen LogP contribution in [0, 0.1) is 0 Å². The minimum absolute atomic E-state index is 0.0174. The van der Waals surface area contributed by atoms with E-state index < -0.39 is 0 Å². The zero-order valence-corrected chi connectivity index (χ0v) is 7.87. The summed E-state index contributed by atoms with van der Waals surface area (Å²) in [4.78, 5) is 0. The SMILES string of the molecule is Nc1nnnn1C1COc2ccccc21. The molecule has 1 aliphatic rings. The summed E-state index contributed by atoms with van der Waals surface area (Å²) in [5.74, 6) is 1.18. The molecule has 0 amide bonds. The van der Waals surface area contributed by atoms with E-state index in [-0.39, 0.29) is 6.04 Å². The molecule has 0 bridgehead atoms. The molecule has 1 unspecified atom stereocenters. The second kappa shape index (κ2) is 2.94. The summed E-state index contributed by atoms with van der Waals surface area (Å²) >= 11 is 0. The lowest BCUT2D eigenvalue weighted by Gasteiger charge is -2.08. The van der Waals surface area contributed by atoms with Gasteiger partial charge in [0.2, 0.25) is 5.95 Å². The van der Waals surface area contributed by atoms with Gasteiger partial charge in [0.1, 0.15) is 18.4 Å². The van der Waals surface area contributed by atoms with Crippen LogP contribution in [-0.4, -0.2) is 26.8 Å². The van der Waals surface area contributed by atoms with Crippen molar-refractivity contribution in [3.05, 3.63) is 29.8 Å². The molecule has 0 aliphatic carbocycles. The number of rotatable bonds is 1. The van der Waals surface area contributed by atoms with Gasteiger partial charge in [-0.05, 0) is 16.5 Å². The Bertz CT molecular complexity index is 495. The van der Waals surface area contributed by atoms with Crippen molar-refractivity contribution in [2.45, 2.75) is 6.04 Å². The Morgan fingerprint density at radius 3 is 3.07 bits per heavy atom. The fourth-order valence-corrected chi connectivity index (χ4v) is 1.77. The number of fused-ring (bicyclic) bond motifs is 1. The quantitative estimate of drug-likeness (QED) is 0.718. The van der Waals surface area contributed by atoms with Gasteiger partial charge in [-0.25, -0.2) is 4.68 Å². The number of anilines is 1. The highest BCUT2D eigenvalue weighted by Gasteiger charge is 2.27.